The van der Waals surface area contributed by atoms with Gasteiger partial charge in [-0.05, 0) is 31.2 Å². The lowest BCUT2D eigenvalue weighted by molar-refractivity contribution is 0.0693. The van der Waals surface area contributed by atoms with Crippen LogP contribution in [-0.4, -0.2) is 11.1 Å². The van der Waals surface area contributed by atoms with Crippen molar-refractivity contribution in [2.75, 3.05) is 5.73 Å². The highest BCUT2D eigenvalue weighted by atomic mass is 32.2. The predicted molar refractivity (Wildman–Crippen MR) is 65.4 cm³/mol. The van der Waals surface area contributed by atoms with E-state index in [1.807, 2.05) is 13.0 Å². The summed E-state index contributed by atoms with van der Waals surface area (Å²) in [6.45, 7) is 1.83. The Morgan fingerprint density at radius 3 is 2.71 bits per heavy atom. The number of hydrogen-bond donors (Lipinski definition) is 2. The highest BCUT2D eigenvalue weighted by Crippen LogP contribution is 2.33. The van der Waals surface area contributed by atoms with Gasteiger partial charge in [0.25, 0.3) is 0 Å². The molecular weight excluding hydrogens is 238 g/mol. The molecule has 5 heteroatoms. The van der Waals surface area contributed by atoms with Crippen LogP contribution in [-0.2, 0) is 0 Å². The molecule has 0 saturated carbocycles. The molecule has 4 nitrogen and oxygen atoms in total. The molecule has 0 radical (unpaired) electrons. The molecule has 88 valence electrons. The van der Waals surface area contributed by atoms with Gasteiger partial charge in [-0.25, -0.2) is 4.79 Å². The van der Waals surface area contributed by atoms with Crippen LogP contribution in [0.4, 0.5) is 5.69 Å². The van der Waals surface area contributed by atoms with Gasteiger partial charge in [-0.3, -0.25) is 0 Å². The molecular formula is C12H11NO3S. The molecule has 2 rings (SSSR count). The second-order valence-electron chi connectivity index (χ2n) is 3.50. The van der Waals surface area contributed by atoms with Crippen LogP contribution in [0.5, 0.6) is 0 Å². The predicted octanol–water partition coefficient (Wildman–Crippen LogP) is 3.02. The van der Waals surface area contributed by atoms with E-state index in [1.165, 1.54) is 17.8 Å². The number of hydrogen-bond acceptors (Lipinski definition) is 4. The van der Waals surface area contributed by atoms with Crippen LogP contribution in [0.3, 0.4) is 0 Å². The topological polar surface area (TPSA) is 76.5 Å². The normalized spacial score (nSPS) is 10.4. The van der Waals surface area contributed by atoms with Crippen LogP contribution in [0, 0.1) is 6.92 Å². The van der Waals surface area contributed by atoms with Gasteiger partial charge in [0.2, 0.25) is 0 Å². The van der Waals surface area contributed by atoms with Crippen LogP contribution < -0.4 is 5.73 Å². The molecule has 0 fully saturated rings. The third-order valence-electron chi connectivity index (χ3n) is 2.27. The molecule has 1 heterocycles. The van der Waals surface area contributed by atoms with E-state index in [0.29, 0.717) is 10.6 Å². The van der Waals surface area contributed by atoms with Crippen molar-refractivity contribution in [3.63, 3.8) is 0 Å². The molecule has 0 aliphatic heterocycles. The Morgan fingerprint density at radius 2 is 2.12 bits per heavy atom. The lowest BCUT2D eigenvalue weighted by Gasteiger charge is -2.05. The highest BCUT2D eigenvalue weighted by Gasteiger charge is 2.13. The number of rotatable bonds is 3. The fourth-order valence-corrected chi connectivity index (χ4v) is 2.35. The number of carboxylic acid groups (broad SMARTS) is 1. The minimum atomic E-state index is -0.985. The smallest absolute Gasteiger partial charge is 0.336 e. The number of aryl methyl sites for hydroxylation is 1. The average Bonchev–Trinajstić information content (AvgIpc) is 2.67. The zero-order valence-electron chi connectivity index (χ0n) is 9.14. The molecule has 1 aromatic carbocycles. The molecule has 0 atom stereocenters. The van der Waals surface area contributed by atoms with E-state index in [-0.39, 0.29) is 5.56 Å². The van der Waals surface area contributed by atoms with Gasteiger partial charge in [0, 0.05) is 10.6 Å². The zero-order valence-corrected chi connectivity index (χ0v) is 9.95. The number of anilines is 1. The quantitative estimate of drug-likeness (QED) is 0.818. The van der Waals surface area contributed by atoms with Crippen molar-refractivity contribution in [1.29, 1.82) is 0 Å². The first kappa shape index (κ1) is 11.6. The monoisotopic (exact) mass is 249 g/mol. The summed E-state index contributed by atoms with van der Waals surface area (Å²) in [7, 11) is 0. The van der Waals surface area contributed by atoms with Crippen LogP contribution in [0.1, 0.15) is 16.1 Å². The summed E-state index contributed by atoms with van der Waals surface area (Å²) >= 11 is 1.35. The van der Waals surface area contributed by atoms with Crippen molar-refractivity contribution < 1.29 is 14.3 Å². The molecule has 0 unspecified atom stereocenters. The molecule has 0 aliphatic carbocycles. The summed E-state index contributed by atoms with van der Waals surface area (Å²) in [5, 5.41) is 9.10. The molecule has 0 aliphatic rings. The maximum atomic E-state index is 11.1. The number of benzene rings is 1. The maximum absolute atomic E-state index is 11.1. The van der Waals surface area contributed by atoms with Crippen LogP contribution >= 0.6 is 11.8 Å². The Kier molecular flexibility index (Phi) is 3.10. The summed E-state index contributed by atoms with van der Waals surface area (Å²) in [6, 6.07) is 6.65. The lowest BCUT2D eigenvalue weighted by Crippen LogP contribution is -2.00. The second-order valence-corrected chi connectivity index (χ2v) is 4.59. The summed E-state index contributed by atoms with van der Waals surface area (Å²) in [6.07, 6.45) is 1.58. The van der Waals surface area contributed by atoms with Gasteiger partial charge < -0.3 is 15.3 Å². The molecule has 17 heavy (non-hydrogen) atoms. The Hall–Kier alpha value is -1.88. The highest BCUT2D eigenvalue weighted by molar-refractivity contribution is 7.99. The molecule has 0 saturated heterocycles. The lowest BCUT2D eigenvalue weighted by atomic mass is 10.2. The van der Waals surface area contributed by atoms with Crippen molar-refractivity contribution in [3.05, 3.63) is 41.9 Å². The Labute approximate surface area is 102 Å². The van der Waals surface area contributed by atoms with Gasteiger partial charge in [0.05, 0.1) is 16.7 Å². The minimum absolute atomic E-state index is 0.204. The average molecular weight is 249 g/mol. The van der Waals surface area contributed by atoms with Crippen LogP contribution in [0.15, 0.2) is 44.7 Å². The largest absolute Gasteiger partial charge is 0.478 e. The Morgan fingerprint density at radius 1 is 1.35 bits per heavy atom. The van der Waals surface area contributed by atoms with Gasteiger partial charge in [0.1, 0.15) is 5.76 Å². The number of furan rings is 1. The van der Waals surface area contributed by atoms with Crippen LogP contribution in [0.2, 0.25) is 0 Å². The third-order valence-corrected chi connectivity index (χ3v) is 3.48. The summed E-state index contributed by atoms with van der Waals surface area (Å²) in [4.78, 5) is 12.6. The standard InChI is InChI=1S/C12H11NO3S/c1-7-10(4-5-16-7)17-11-3-2-8(13)6-9(11)12(14)15/h2-6H,13H2,1H3,(H,14,15). The Bertz CT molecular complexity index is 563. The van der Waals surface area contributed by atoms with Gasteiger partial charge >= 0.3 is 5.97 Å². The van der Waals surface area contributed by atoms with Crippen LogP contribution in [0.25, 0.3) is 0 Å². The fraction of sp³-hybridized carbons (Fsp3) is 0.0833. The van der Waals surface area contributed by atoms with Crippen molar-refractivity contribution >= 4 is 23.4 Å². The number of nitrogen functional groups attached to an aromatic ring is 1. The van der Waals surface area contributed by atoms with E-state index >= 15 is 0 Å². The van der Waals surface area contributed by atoms with E-state index in [9.17, 15) is 4.79 Å². The van der Waals surface area contributed by atoms with Crippen molar-refractivity contribution in [2.24, 2.45) is 0 Å². The molecule has 0 bridgehead atoms. The summed E-state index contributed by atoms with van der Waals surface area (Å²) in [5.74, 6) is -0.218. The van der Waals surface area contributed by atoms with Gasteiger partial charge in [0.15, 0.2) is 0 Å². The van der Waals surface area contributed by atoms with Gasteiger partial charge in [-0.2, -0.15) is 0 Å². The van der Waals surface area contributed by atoms with E-state index in [2.05, 4.69) is 0 Å². The molecule has 2 aromatic rings. The molecule has 3 N–H and O–H groups in total. The third kappa shape index (κ3) is 2.45. The number of nitrogens with two attached hydrogens (primary N) is 1. The summed E-state index contributed by atoms with van der Waals surface area (Å²) in [5.41, 5.74) is 6.22. The minimum Gasteiger partial charge on any atom is -0.478 e. The van der Waals surface area contributed by atoms with E-state index < -0.39 is 5.97 Å². The Balaban J connectivity index is 2.39. The fourth-order valence-electron chi connectivity index (χ4n) is 1.40. The molecule has 0 amide bonds. The number of carboxylic acids is 1. The van der Waals surface area contributed by atoms with Gasteiger partial charge in [-0.1, -0.05) is 11.8 Å². The second kappa shape index (κ2) is 4.55. The zero-order chi connectivity index (χ0) is 12.4. The first-order valence-electron chi connectivity index (χ1n) is 4.92. The number of carbonyl (C=O) groups is 1. The van der Waals surface area contributed by atoms with Gasteiger partial charge in [-0.15, -0.1) is 0 Å². The molecule has 1 aromatic heterocycles. The maximum Gasteiger partial charge on any atom is 0.336 e. The summed E-state index contributed by atoms with van der Waals surface area (Å²) < 4.78 is 5.17. The first-order valence-corrected chi connectivity index (χ1v) is 5.74. The molecule has 0 spiro atoms. The van der Waals surface area contributed by atoms with Crippen molar-refractivity contribution in [2.45, 2.75) is 16.7 Å². The van der Waals surface area contributed by atoms with Crippen molar-refractivity contribution in [1.82, 2.24) is 0 Å². The van der Waals surface area contributed by atoms with E-state index in [4.69, 9.17) is 15.3 Å². The SMILES string of the molecule is Cc1occc1Sc1ccc(N)cc1C(=O)O. The van der Waals surface area contributed by atoms with E-state index in [1.54, 1.807) is 18.4 Å². The van der Waals surface area contributed by atoms with E-state index in [0.717, 1.165) is 10.7 Å². The number of aromatic carboxylic acids is 1. The van der Waals surface area contributed by atoms with Crippen molar-refractivity contribution in [3.8, 4) is 0 Å². The first-order chi connectivity index (χ1) is 8.08.